The van der Waals surface area contributed by atoms with Crippen LogP contribution in [0.5, 0.6) is 0 Å². The summed E-state index contributed by atoms with van der Waals surface area (Å²) in [6, 6.07) is 5.50. The molecule has 0 radical (unpaired) electrons. The lowest BCUT2D eigenvalue weighted by atomic mass is 10.2. The third-order valence-corrected chi connectivity index (χ3v) is 2.28. The van der Waals surface area contributed by atoms with E-state index in [2.05, 4.69) is 5.32 Å². The summed E-state index contributed by atoms with van der Waals surface area (Å²) in [6.07, 6.45) is 0. The lowest BCUT2D eigenvalue weighted by Crippen LogP contribution is -2.03. The molecule has 0 spiro atoms. The lowest BCUT2D eigenvalue weighted by molar-refractivity contribution is 0.448. The van der Waals surface area contributed by atoms with Crippen molar-refractivity contribution in [1.82, 2.24) is 0 Å². The summed E-state index contributed by atoms with van der Waals surface area (Å²) in [4.78, 5) is 0. The van der Waals surface area contributed by atoms with E-state index in [1.165, 1.54) is 0 Å². The fraction of sp³-hybridized carbons (Fsp3) is 0.167. The van der Waals surface area contributed by atoms with Crippen LogP contribution in [0.15, 0.2) is 28.7 Å². The molecule has 0 aliphatic carbocycles. The van der Waals surface area contributed by atoms with Gasteiger partial charge in [-0.25, -0.2) is 13.2 Å². The molecule has 1 aromatic carbocycles. The topological polar surface area (TPSA) is 25.2 Å². The molecule has 1 heterocycles. The second kappa shape index (κ2) is 4.53. The zero-order valence-electron chi connectivity index (χ0n) is 9.06. The molecule has 0 unspecified atom stereocenters. The SMILES string of the molecule is Cc1ccc(CNc2ccc(F)c(F)c2F)o1. The Kier molecular flexibility index (Phi) is 3.08. The minimum absolute atomic E-state index is 0.0991. The highest BCUT2D eigenvalue weighted by Crippen LogP contribution is 2.20. The molecular formula is C12H10F3NO. The maximum absolute atomic E-state index is 13.3. The second-order valence-corrected chi connectivity index (χ2v) is 3.59. The molecule has 0 saturated heterocycles. The largest absolute Gasteiger partial charge is 0.465 e. The maximum Gasteiger partial charge on any atom is 0.196 e. The van der Waals surface area contributed by atoms with Crippen molar-refractivity contribution in [3.05, 3.63) is 53.2 Å². The first-order chi connectivity index (χ1) is 8.08. The third kappa shape index (κ3) is 2.43. The molecule has 2 nitrogen and oxygen atoms in total. The van der Waals surface area contributed by atoms with Gasteiger partial charge in [-0.2, -0.15) is 0 Å². The van der Waals surface area contributed by atoms with Gasteiger partial charge in [-0.1, -0.05) is 0 Å². The van der Waals surface area contributed by atoms with E-state index in [1.807, 2.05) is 0 Å². The molecule has 2 rings (SSSR count). The van der Waals surface area contributed by atoms with Gasteiger partial charge in [0, 0.05) is 0 Å². The van der Waals surface area contributed by atoms with E-state index in [1.54, 1.807) is 19.1 Å². The van der Waals surface area contributed by atoms with Crippen molar-refractivity contribution in [2.24, 2.45) is 0 Å². The highest BCUT2D eigenvalue weighted by Gasteiger charge is 2.13. The average Bonchev–Trinajstić information content (AvgIpc) is 2.71. The molecule has 1 aromatic heterocycles. The Morgan fingerprint density at radius 1 is 1.06 bits per heavy atom. The van der Waals surface area contributed by atoms with Crippen LogP contribution in [0.4, 0.5) is 18.9 Å². The van der Waals surface area contributed by atoms with Gasteiger partial charge in [0.25, 0.3) is 0 Å². The number of halogens is 3. The van der Waals surface area contributed by atoms with Crippen molar-refractivity contribution >= 4 is 5.69 Å². The molecule has 0 amide bonds. The fourth-order valence-electron chi connectivity index (χ4n) is 1.42. The molecule has 1 N–H and O–H groups in total. The van der Waals surface area contributed by atoms with E-state index >= 15 is 0 Å². The maximum atomic E-state index is 13.3. The van der Waals surface area contributed by atoms with Crippen molar-refractivity contribution < 1.29 is 17.6 Å². The van der Waals surface area contributed by atoms with Gasteiger partial charge in [-0.05, 0) is 31.2 Å². The lowest BCUT2D eigenvalue weighted by Gasteiger charge is -2.06. The van der Waals surface area contributed by atoms with Gasteiger partial charge in [-0.15, -0.1) is 0 Å². The van der Waals surface area contributed by atoms with Crippen molar-refractivity contribution in [3.63, 3.8) is 0 Å². The molecule has 0 atom stereocenters. The van der Waals surface area contributed by atoms with Gasteiger partial charge in [0.15, 0.2) is 17.5 Å². The molecule has 0 saturated carbocycles. The Morgan fingerprint density at radius 3 is 2.47 bits per heavy atom. The van der Waals surface area contributed by atoms with E-state index in [4.69, 9.17) is 4.42 Å². The number of hydrogen-bond acceptors (Lipinski definition) is 2. The summed E-state index contributed by atoms with van der Waals surface area (Å²) in [5.41, 5.74) is -0.0991. The van der Waals surface area contributed by atoms with Crippen LogP contribution < -0.4 is 5.32 Å². The van der Waals surface area contributed by atoms with Crippen LogP contribution in [-0.4, -0.2) is 0 Å². The van der Waals surface area contributed by atoms with Crippen molar-refractivity contribution in [1.29, 1.82) is 0 Å². The summed E-state index contributed by atoms with van der Waals surface area (Å²) in [5, 5.41) is 2.64. The number of furan rings is 1. The molecular weight excluding hydrogens is 231 g/mol. The molecule has 0 aliphatic rings. The number of nitrogens with one attached hydrogen (secondary N) is 1. The van der Waals surface area contributed by atoms with Gasteiger partial charge in [0.1, 0.15) is 11.5 Å². The Hall–Kier alpha value is -1.91. The monoisotopic (exact) mass is 241 g/mol. The van der Waals surface area contributed by atoms with Crippen LogP contribution in [0.1, 0.15) is 11.5 Å². The Balaban J connectivity index is 2.12. The molecule has 0 bridgehead atoms. The van der Waals surface area contributed by atoms with Gasteiger partial charge in [-0.3, -0.25) is 0 Å². The van der Waals surface area contributed by atoms with E-state index in [0.29, 0.717) is 5.76 Å². The predicted molar refractivity (Wildman–Crippen MR) is 57.1 cm³/mol. The van der Waals surface area contributed by atoms with Crippen LogP contribution in [0, 0.1) is 24.4 Å². The van der Waals surface area contributed by atoms with Gasteiger partial charge >= 0.3 is 0 Å². The number of anilines is 1. The first-order valence-electron chi connectivity index (χ1n) is 5.00. The van der Waals surface area contributed by atoms with Crippen molar-refractivity contribution in [2.75, 3.05) is 5.32 Å². The summed E-state index contributed by atoms with van der Waals surface area (Å²) >= 11 is 0. The Morgan fingerprint density at radius 2 is 1.82 bits per heavy atom. The first-order valence-corrected chi connectivity index (χ1v) is 5.00. The summed E-state index contributed by atoms with van der Waals surface area (Å²) < 4.78 is 44.1. The van der Waals surface area contributed by atoms with Crippen molar-refractivity contribution in [3.8, 4) is 0 Å². The molecule has 0 fully saturated rings. The smallest absolute Gasteiger partial charge is 0.196 e. The van der Waals surface area contributed by atoms with E-state index in [9.17, 15) is 13.2 Å². The van der Waals surface area contributed by atoms with Crippen LogP contribution in [0.25, 0.3) is 0 Å². The van der Waals surface area contributed by atoms with Crippen LogP contribution in [0.2, 0.25) is 0 Å². The molecule has 17 heavy (non-hydrogen) atoms. The van der Waals surface area contributed by atoms with Crippen LogP contribution in [-0.2, 0) is 6.54 Å². The second-order valence-electron chi connectivity index (χ2n) is 3.59. The van der Waals surface area contributed by atoms with Crippen LogP contribution in [0.3, 0.4) is 0 Å². The minimum Gasteiger partial charge on any atom is -0.465 e. The Bertz CT molecular complexity index is 537. The van der Waals surface area contributed by atoms with Crippen molar-refractivity contribution in [2.45, 2.75) is 13.5 Å². The highest BCUT2D eigenvalue weighted by molar-refractivity contribution is 5.45. The zero-order valence-corrected chi connectivity index (χ0v) is 9.06. The highest BCUT2D eigenvalue weighted by atomic mass is 19.2. The molecule has 0 aliphatic heterocycles. The van der Waals surface area contributed by atoms with Gasteiger partial charge in [0.05, 0.1) is 12.2 Å². The molecule has 2 aromatic rings. The number of benzene rings is 1. The van der Waals surface area contributed by atoms with E-state index in [-0.39, 0.29) is 12.2 Å². The first kappa shape index (κ1) is 11.6. The third-order valence-electron chi connectivity index (χ3n) is 2.28. The fourth-order valence-corrected chi connectivity index (χ4v) is 1.42. The minimum atomic E-state index is -1.48. The predicted octanol–water partition coefficient (Wildman–Crippen LogP) is 3.62. The van der Waals surface area contributed by atoms with Gasteiger partial charge in [0.2, 0.25) is 0 Å². The summed E-state index contributed by atoms with van der Waals surface area (Å²) in [6.45, 7) is 1.98. The number of rotatable bonds is 3. The van der Waals surface area contributed by atoms with Gasteiger partial charge < -0.3 is 9.73 Å². The van der Waals surface area contributed by atoms with E-state index in [0.717, 1.165) is 17.9 Å². The summed E-state index contributed by atoms with van der Waals surface area (Å²) in [5.74, 6) is -2.60. The zero-order chi connectivity index (χ0) is 12.4. The normalized spacial score (nSPS) is 10.6. The standard InChI is InChI=1S/C12H10F3NO/c1-7-2-3-8(17-7)6-16-10-5-4-9(13)11(14)12(10)15/h2-5,16H,6H2,1H3. The molecule has 5 heteroatoms. The number of aryl methyl sites for hydroxylation is 1. The average molecular weight is 241 g/mol. The quantitative estimate of drug-likeness (QED) is 0.830. The van der Waals surface area contributed by atoms with E-state index < -0.39 is 17.5 Å². The number of hydrogen-bond donors (Lipinski definition) is 1. The Labute approximate surface area is 96.1 Å². The molecule has 90 valence electrons. The van der Waals surface area contributed by atoms with Crippen LogP contribution >= 0.6 is 0 Å². The summed E-state index contributed by atoms with van der Waals surface area (Å²) in [7, 11) is 0.